The number of rotatable bonds is 3. The first-order chi connectivity index (χ1) is 6.24. The molecule has 0 aliphatic heterocycles. The second-order valence-corrected chi connectivity index (χ2v) is 4.57. The fraction of sp³-hybridized carbons (Fsp3) is 0.125. The zero-order valence-corrected chi connectivity index (χ0v) is 8.56. The van der Waals surface area contributed by atoms with E-state index in [1.54, 1.807) is 6.07 Å². The van der Waals surface area contributed by atoms with Crippen LogP contribution in [0, 0.1) is 0 Å². The van der Waals surface area contributed by atoms with Crippen molar-refractivity contribution in [2.45, 2.75) is 4.21 Å². The molecule has 0 saturated carbocycles. The predicted molar refractivity (Wildman–Crippen MR) is 51.9 cm³/mol. The number of hydrogen-bond donors (Lipinski definition) is 0. The van der Waals surface area contributed by atoms with E-state index >= 15 is 0 Å². The summed E-state index contributed by atoms with van der Waals surface area (Å²) in [5.74, 6) is -0.495. The van der Waals surface area contributed by atoms with Crippen LogP contribution in [0.15, 0.2) is 33.2 Å². The molecule has 1 rings (SSSR count). The molecule has 0 radical (unpaired) electrons. The number of ether oxygens (including phenoxy) is 1. The average molecular weight is 216 g/mol. The number of hydrogen-bond acceptors (Lipinski definition) is 4. The molecule has 3 nitrogen and oxygen atoms in total. The number of carbonyl (C=O) groups excluding carboxylic acids is 1. The fourth-order valence-electron chi connectivity index (χ4n) is 0.630. The van der Waals surface area contributed by atoms with Gasteiger partial charge in [0.05, 0.1) is 22.1 Å². The molecule has 0 amide bonds. The van der Waals surface area contributed by atoms with Crippen LogP contribution in [0.25, 0.3) is 0 Å². The quantitative estimate of drug-likeness (QED) is 0.568. The highest BCUT2D eigenvalue weighted by Gasteiger charge is 2.00. The molecule has 1 aromatic rings. The van der Waals surface area contributed by atoms with Crippen molar-refractivity contribution < 1.29 is 13.7 Å². The minimum Gasteiger partial charge on any atom is -0.466 e. The molecule has 1 aromatic heterocycles. The Morgan fingerprint density at radius 1 is 1.69 bits per heavy atom. The van der Waals surface area contributed by atoms with Crippen LogP contribution in [0.4, 0.5) is 0 Å². The van der Waals surface area contributed by atoms with Crippen molar-refractivity contribution in [3.8, 4) is 0 Å². The Bertz CT molecular complexity index is 327. The molecule has 0 fully saturated rings. The lowest BCUT2D eigenvalue weighted by molar-refractivity contribution is -0.134. The Labute approximate surface area is 82.5 Å². The van der Waals surface area contributed by atoms with E-state index in [9.17, 15) is 9.00 Å². The summed E-state index contributed by atoms with van der Waals surface area (Å²) in [6, 6.07) is 3.56. The van der Waals surface area contributed by atoms with Crippen molar-refractivity contribution in [3.05, 3.63) is 29.0 Å². The first kappa shape index (κ1) is 10.1. The molecule has 0 bridgehead atoms. The molecule has 1 unspecified atom stereocenters. The van der Waals surface area contributed by atoms with E-state index in [1.807, 2.05) is 11.4 Å². The molecular formula is C8H8O3S2. The summed E-state index contributed by atoms with van der Waals surface area (Å²) in [5, 5.41) is 3.15. The highest BCUT2D eigenvalue weighted by atomic mass is 32.2. The SMILES string of the molecule is COC(=O)/C=C/S(=O)c1cccs1. The van der Waals surface area contributed by atoms with Crippen molar-refractivity contribution in [3.63, 3.8) is 0 Å². The molecule has 0 N–H and O–H groups in total. The van der Waals surface area contributed by atoms with Gasteiger partial charge in [-0.15, -0.1) is 11.3 Å². The summed E-state index contributed by atoms with van der Waals surface area (Å²) in [5.41, 5.74) is 0. The molecule has 0 aliphatic carbocycles. The first-order valence-corrected chi connectivity index (χ1v) is 5.53. The molecule has 5 heteroatoms. The zero-order chi connectivity index (χ0) is 9.68. The van der Waals surface area contributed by atoms with E-state index in [0.29, 0.717) is 0 Å². The highest BCUT2D eigenvalue weighted by molar-refractivity contribution is 7.90. The number of thiophene rings is 1. The monoisotopic (exact) mass is 216 g/mol. The molecule has 0 spiro atoms. The molecule has 0 saturated heterocycles. The summed E-state index contributed by atoms with van der Waals surface area (Å²) in [6.45, 7) is 0. The maximum Gasteiger partial charge on any atom is 0.331 e. The summed E-state index contributed by atoms with van der Waals surface area (Å²) in [4.78, 5) is 10.6. The molecule has 70 valence electrons. The fourth-order valence-corrected chi connectivity index (χ4v) is 2.37. The van der Waals surface area contributed by atoms with Crippen molar-refractivity contribution in [2.75, 3.05) is 7.11 Å². The van der Waals surface area contributed by atoms with Crippen LogP contribution in [-0.4, -0.2) is 17.3 Å². The second kappa shape index (κ2) is 4.94. The van der Waals surface area contributed by atoms with Gasteiger partial charge in [-0.25, -0.2) is 9.00 Å². The minimum atomic E-state index is -1.24. The lowest BCUT2D eigenvalue weighted by atomic mass is 10.7. The van der Waals surface area contributed by atoms with Gasteiger partial charge in [0.2, 0.25) is 0 Å². The molecule has 0 aromatic carbocycles. The lowest BCUT2D eigenvalue weighted by Gasteiger charge is -1.90. The van der Waals surface area contributed by atoms with Gasteiger partial charge in [-0.05, 0) is 11.4 Å². The Balaban J connectivity index is 2.61. The average Bonchev–Trinajstić information content (AvgIpc) is 2.66. The summed E-state index contributed by atoms with van der Waals surface area (Å²) in [7, 11) is 0.0412. The maximum absolute atomic E-state index is 11.4. The normalized spacial score (nSPS) is 13.0. The lowest BCUT2D eigenvalue weighted by Crippen LogP contribution is -1.94. The van der Waals surface area contributed by atoms with Crippen LogP contribution in [0.2, 0.25) is 0 Å². The van der Waals surface area contributed by atoms with Crippen LogP contribution in [0.5, 0.6) is 0 Å². The topological polar surface area (TPSA) is 43.4 Å². The molecule has 0 aliphatic rings. The molecular weight excluding hydrogens is 208 g/mol. The largest absolute Gasteiger partial charge is 0.466 e. The number of esters is 1. The van der Waals surface area contributed by atoms with Crippen LogP contribution in [0.3, 0.4) is 0 Å². The van der Waals surface area contributed by atoms with Gasteiger partial charge >= 0.3 is 5.97 Å². The van der Waals surface area contributed by atoms with Crippen molar-refractivity contribution in [2.24, 2.45) is 0 Å². The van der Waals surface area contributed by atoms with Gasteiger partial charge in [-0.2, -0.15) is 0 Å². The summed E-state index contributed by atoms with van der Waals surface area (Å²) >= 11 is 1.39. The van der Waals surface area contributed by atoms with Gasteiger partial charge in [0, 0.05) is 11.5 Å². The summed E-state index contributed by atoms with van der Waals surface area (Å²) in [6.07, 6.45) is 1.16. The predicted octanol–water partition coefficient (Wildman–Crippen LogP) is 1.54. The van der Waals surface area contributed by atoms with Gasteiger partial charge in [0.15, 0.2) is 0 Å². The van der Waals surface area contributed by atoms with E-state index in [1.165, 1.54) is 23.9 Å². The van der Waals surface area contributed by atoms with E-state index < -0.39 is 16.8 Å². The van der Waals surface area contributed by atoms with Gasteiger partial charge < -0.3 is 4.74 Å². The van der Waals surface area contributed by atoms with Crippen LogP contribution >= 0.6 is 11.3 Å². The van der Waals surface area contributed by atoms with Crippen molar-refractivity contribution >= 4 is 28.1 Å². The van der Waals surface area contributed by atoms with Crippen molar-refractivity contribution in [1.82, 2.24) is 0 Å². The maximum atomic E-state index is 11.4. The third-order valence-corrected chi connectivity index (χ3v) is 3.58. The van der Waals surface area contributed by atoms with E-state index in [0.717, 1.165) is 10.3 Å². The Kier molecular flexibility index (Phi) is 3.85. The van der Waals surface area contributed by atoms with E-state index in [4.69, 9.17) is 0 Å². The van der Waals surface area contributed by atoms with Gasteiger partial charge in [0.1, 0.15) is 0 Å². The molecule has 1 heterocycles. The van der Waals surface area contributed by atoms with Crippen LogP contribution in [-0.2, 0) is 20.3 Å². The van der Waals surface area contributed by atoms with Gasteiger partial charge in [-0.3, -0.25) is 0 Å². The number of carbonyl (C=O) groups is 1. The Morgan fingerprint density at radius 3 is 3.00 bits per heavy atom. The second-order valence-electron chi connectivity index (χ2n) is 2.06. The van der Waals surface area contributed by atoms with Crippen LogP contribution in [0.1, 0.15) is 0 Å². The van der Waals surface area contributed by atoms with E-state index in [-0.39, 0.29) is 0 Å². The summed E-state index contributed by atoms with van der Waals surface area (Å²) < 4.78 is 16.4. The van der Waals surface area contributed by atoms with Crippen molar-refractivity contribution in [1.29, 1.82) is 0 Å². The first-order valence-electron chi connectivity index (χ1n) is 3.44. The third-order valence-electron chi connectivity index (χ3n) is 1.22. The van der Waals surface area contributed by atoms with Crippen LogP contribution < -0.4 is 0 Å². The Morgan fingerprint density at radius 2 is 2.46 bits per heavy atom. The van der Waals surface area contributed by atoms with Gasteiger partial charge in [0.25, 0.3) is 0 Å². The van der Waals surface area contributed by atoms with Gasteiger partial charge in [-0.1, -0.05) is 6.07 Å². The molecule has 1 atom stereocenters. The third kappa shape index (κ3) is 3.12. The standard InChI is InChI=1S/C8H8O3S2/c1-11-7(9)4-6-13(10)8-3-2-5-12-8/h2-6H,1H3/b6-4+. The zero-order valence-electron chi connectivity index (χ0n) is 6.93. The number of methoxy groups -OCH3 is 1. The molecule has 13 heavy (non-hydrogen) atoms. The highest BCUT2D eigenvalue weighted by Crippen LogP contribution is 2.14. The Hall–Kier alpha value is -0.940. The smallest absolute Gasteiger partial charge is 0.331 e. The van der Waals surface area contributed by atoms with E-state index in [2.05, 4.69) is 4.74 Å². The minimum absolute atomic E-state index is 0.495.